The van der Waals surface area contributed by atoms with Crippen molar-refractivity contribution >= 4 is 26.8 Å². The number of alkyl halides is 3. The van der Waals surface area contributed by atoms with Crippen LogP contribution < -0.4 is 4.46 Å². The summed E-state index contributed by atoms with van der Waals surface area (Å²) < 4.78 is 43.3. The van der Waals surface area contributed by atoms with Gasteiger partial charge in [-0.25, -0.2) is 0 Å². The molecule has 0 N–H and O–H groups in total. The number of halogens is 4. The van der Waals surface area contributed by atoms with Gasteiger partial charge in [0.25, 0.3) is 0 Å². The van der Waals surface area contributed by atoms with Crippen molar-refractivity contribution in [2.75, 3.05) is 6.61 Å². The van der Waals surface area contributed by atoms with Crippen molar-refractivity contribution in [3.05, 3.63) is 29.8 Å². The quantitative estimate of drug-likeness (QED) is 0.724. The molecule has 0 saturated carbocycles. The molecule has 0 spiro atoms. The number of rotatable bonds is 1. The minimum atomic E-state index is -4.29. The van der Waals surface area contributed by atoms with Gasteiger partial charge in [-0.2, -0.15) is 0 Å². The zero-order valence-electron chi connectivity index (χ0n) is 8.26. The van der Waals surface area contributed by atoms with Crippen LogP contribution in [0.4, 0.5) is 13.2 Å². The molecule has 1 saturated heterocycles. The van der Waals surface area contributed by atoms with E-state index in [2.05, 4.69) is 0 Å². The molecule has 2 rings (SSSR count). The van der Waals surface area contributed by atoms with Gasteiger partial charge in [0.15, 0.2) is 0 Å². The Kier molecular flexibility index (Phi) is 3.23. The Morgan fingerprint density at radius 2 is 1.81 bits per heavy atom. The maximum atomic E-state index is 12.3. The molecule has 1 nitrogen and oxygen atoms in total. The van der Waals surface area contributed by atoms with Gasteiger partial charge in [0.2, 0.25) is 0 Å². The molecule has 1 atom stereocenters. The fourth-order valence-corrected chi connectivity index (χ4v) is 6.95. The number of benzene rings is 1. The van der Waals surface area contributed by atoms with E-state index in [0.29, 0.717) is 6.61 Å². The molecule has 1 aliphatic rings. The average Bonchev–Trinajstić information content (AvgIpc) is 2.66. The Bertz CT molecular complexity index is 371. The standard InChI is InChI=1S/C10H10ClF3OSe/c11-16(7-1-6-15-16)9-4-2-8(3-5-9)10(12,13)14/h2-5H,1,6-7H2. The summed E-state index contributed by atoms with van der Waals surface area (Å²) in [5, 5.41) is 0.781. The van der Waals surface area contributed by atoms with E-state index in [1.54, 1.807) is 0 Å². The first-order chi connectivity index (χ1) is 7.42. The van der Waals surface area contributed by atoms with Crippen molar-refractivity contribution in [2.45, 2.75) is 17.9 Å². The summed E-state index contributed by atoms with van der Waals surface area (Å²) in [5.74, 6) is 0. The Hall–Kier alpha value is -0.221. The molecule has 0 radical (unpaired) electrons. The summed E-state index contributed by atoms with van der Waals surface area (Å²) in [4.78, 5) is 0. The molecule has 1 fully saturated rings. The topological polar surface area (TPSA) is 9.23 Å². The molecule has 1 aromatic rings. The van der Waals surface area contributed by atoms with E-state index in [1.165, 1.54) is 12.1 Å². The van der Waals surface area contributed by atoms with Crippen molar-refractivity contribution in [1.29, 1.82) is 0 Å². The monoisotopic (exact) mass is 318 g/mol. The minimum absolute atomic E-state index is 0.616. The predicted molar refractivity (Wildman–Crippen MR) is 58.1 cm³/mol. The van der Waals surface area contributed by atoms with Crippen molar-refractivity contribution in [1.82, 2.24) is 0 Å². The van der Waals surface area contributed by atoms with E-state index in [9.17, 15) is 13.2 Å². The van der Waals surface area contributed by atoms with Crippen molar-refractivity contribution in [2.24, 2.45) is 0 Å². The fraction of sp³-hybridized carbons (Fsp3) is 0.400. The van der Waals surface area contributed by atoms with Gasteiger partial charge in [-0.15, -0.1) is 0 Å². The number of hydrogen-bond acceptors (Lipinski definition) is 1. The molecule has 0 aromatic heterocycles. The molecule has 90 valence electrons. The van der Waals surface area contributed by atoms with E-state index in [-0.39, 0.29) is 0 Å². The molecule has 1 aliphatic heterocycles. The summed E-state index contributed by atoms with van der Waals surface area (Å²) in [6, 6.07) is 5.03. The van der Waals surface area contributed by atoms with Crippen molar-refractivity contribution in [3.63, 3.8) is 0 Å². The van der Waals surface area contributed by atoms with Crippen LogP contribution in [0.5, 0.6) is 0 Å². The van der Waals surface area contributed by atoms with Gasteiger partial charge < -0.3 is 0 Å². The summed E-state index contributed by atoms with van der Waals surface area (Å²) >= 11 is -2.63. The first kappa shape index (κ1) is 12.2. The molecular formula is C10H10ClF3OSe. The number of hydrogen-bond donors (Lipinski definition) is 0. The van der Waals surface area contributed by atoms with Crippen LogP contribution in [0.3, 0.4) is 0 Å². The fourth-order valence-electron chi connectivity index (χ4n) is 1.53. The summed E-state index contributed by atoms with van der Waals surface area (Å²) in [6.45, 7) is 0.616. The van der Waals surface area contributed by atoms with Gasteiger partial charge >= 0.3 is 98.2 Å². The molecule has 0 aliphatic carbocycles. The van der Waals surface area contributed by atoms with E-state index in [1.807, 2.05) is 0 Å². The van der Waals surface area contributed by atoms with Gasteiger partial charge in [-0.3, -0.25) is 0 Å². The van der Waals surface area contributed by atoms with Crippen LogP contribution in [0.15, 0.2) is 24.3 Å². The molecular weight excluding hydrogens is 308 g/mol. The van der Waals surface area contributed by atoms with Crippen LogP contribution in [-0.4, -0.2) is 18.9 Å². The predicted octanol–water partition coefficient (Wildman–Crippen LogP) is 3.01. The van der Waals surface area contributed by atoms with Crippen LogP contribution in [0.2, 0.25) is 5.32 Å². The van der Waals surface area contributed by atoms with E-state index in [4.69, 9.17) is 13.9 Å². The first-order valence-corrected chi connectivity index (χ1v) is 9.76. The van der Waals surface area contributed by atoms with Crippen LogP contribution in [0, 0.1) is 0 Å². The van der Waals surface area contributed by atoms with Crippen LogP contribution in [-0.2, 0) is 10.00 Å². The van der Waals surface area contributed by atoms with Gasteiger partial charge in [0, 0.05) is 0 Å². The van der Waals surface area contributed by atoms with Gasteiger partial charge in [-0.1, -0.05) is 0 Å². The third kappa shape index (κ3) is 2.38. The van der Waals surface area contributed by atoms with E-state index in [0.717, 1.165) is 28.3 Å². The summed E-state index contributed by atoms with van der Waals surface area (Å²) in [6.07, 6.45) is -3.40. The van der Waals surface area contributed by atoms with Crippen molar-refractivity contribution in [3.8, 4) is 0 Å². The molecule has 1 heterocycles. The third-order valence-electron chi connectivity index (χ3n) is 2.35. The van der Waals surface area contributed by atoms with Crippen LogP contribution >= 0.6 is 10.1 Å². The van der Waals surface area contributed by atoms with Gasteiger partial charge in [0.1, 0.15) is 0 Å². The van der Waals surface area contributed by atoms with E-state index >= 15 is 0 Å². The molecule has 0 bridgehead atoms. The third-order valence-corrected chi connectivity index (χ3v) is 9.43. The second-order valence-corrected chi connectivity index (χ2v) is 10.9. The molecule has 1 aromatic carbocycles. The molecule has 1 unspecified atom stereocenters. The Balaban J connectivity index is 2.26. The Morgan fingerprint density at radius 3 is 2.25 bits per heavy atom. The molecule has 16 heavy (non-hydrogen) atoms. The van der Waals surface area contributed by atoms with E-state index < -0.39 is 24.0 Å². The molecule has 0 amide bonds. The summed E-state index contributed by atoms with van der Waals surface area (Å²) in [7, 11) is 6.32. The molecule has 6 heteroatoms. The van der Waals surface area contributed by atoms with Crippen LogP contribution in [0.25, 0.3) is 0 Å². The van der Waals surface area contributed by atoms with Crippen LogP contribution in [0.1, 0.15) is 12.0 Å². The van der Waals surface area contributed by atoms with Gasteiger partial charge in [-0.05, 0) is 0 Å². The Labute approximate surface area is 98.3 Å². The second kappa shape index (κ2) is 4.22. The zero-order chi connectivity index (χ0) is 11.8. The zero-order valence-corrected chi connectivity index (χ0v) is 10.7. The maximum absolute atomic E-state index is 12.3. The summed E-state index contributed by atoms with van der Waals surface area (Å²) in [5.41, 5.74) is -0.647. The van der Waals surface area contributed by atoms with Crippen molar-refractivity contribution < 1.29 is 17.0 Å². The first-order valence-electron chi connectivity index (χ1n) is 4.74. The SMILES string of the molecule is FC(F)(F)c1ccc([Se]2(Cl)CCCO2)cc1. The normalized spacial score (nSPS) is 30.0. The average molecular weight is 318 g/mol. The Morgan fingerprint density at radius 1 is 1.19 bits per heavy atom. The second-order valence-electron chi connectivity index (χ2n) is 3.50. The van der Waals surface area contributed by atoms with Gasteiger partial charge in [0.05, 0.1) is 0 Å².